The molecule has 2 amide bonds. The lowest BCUT2D eigenvalue weighted by molar-refractivity contribution is -0.137. The smallest absolute Gasteiger partial charge is 0.237 e. The minimum atomic E-state index is -0.468. The van der Waals surface area contributed by atoms with Gasteiger partial charge in [-0.3, -0.25) is 9.59 Å². The normalized spacial score (nSPS) is 26.2. The summed E-state index contributed by atoms with van der Waals surface area (Å²) in [6, 6.07) is 7.36. The second-order valence-electron chi connectivity index (χ2n) is 6.19. The van der Waals surface area contributed by atoms with Crippen molar-refractivity contribution in [2.75, 3.05) is 12.3 Å². The van der Waals surface area contributed by atoms with Crippen LogP contribution in [0.25, 0.3) is 0 Å². The highest BCUT2D eigenvalue weighted by atomic mass is 16.2. The highest BCUT2D eigenvalue weighted by Crippen LogP contribution is 2.58. The fourth-order valence-electron chi connectivity index (χ4n) is 3.64. The van der Waals surface area contributed by atoms with E-state index in [1.54, 1.807) is 17.0 Å². The molecule has 112 valence electrons. The van der Waals surface area contributed by atoms with Crippen LogP contribution < -0.4 is 11.5 Å². The highest BCUT2D eigenvalue weighted by molar-refractivity contribution is 5.87. The molecule has 2 atom stereocenters. The average Bonchev–Trinajstić information content (AvgIpc) is 2.91. The zero-order chi connectivity index (χ0) is 15.0. The van der Waals surface area contributed by atoms with E-state index in [0.29, 0.717) is 24.1 Å². The maximum absolute atomic E-state index is 12.6. The average molecular weight is 287 g/mol. The molecule has 2 saturated carbocycles. The van der Waals surface area contributed by atoms with E-state index in [4.69, 9.17) is 11.5 Å². The number of rotatable bonds is 5. The SMILES string of the molecule is NC(=O)CN(Cc1ccc(N)cc1)C(=O)C1C2CCCC21. The van der Waals surface area contributed by atoms with Gasteiger partial charge in [0.1, 0.15) is 0 Å². The Kier molecular flexibility index (Phi) is 3.57. The largest absolute Gasteiger partial charge is 0.399 e. The van der Waals surface area contributed by atoms with Crippen molar-refractivity contribution in [3.05, 3.63) is 29.8 Å². The van der Waals surface area contributed by atoms with Gasteiger partial charge in [-0.05, 0) is 42.4 Å². The van der Waals surface area contributed by atoms with E-state index >= 15 is 0 Å². The summed E-state index contributed by atoms with van der Waals surface area (Å²) in [4.78, 5) is 25.5. The molecule has 2 aliphatic carbocycles. The summed E-state index contributed by atoms with van der Waals surface area (Å²) in [5.41, 5.74) is 12.6. The Balaban J connectivity index is 1.70. The van der Waals surface area contributed by atoms with Crippen LogP contribution in [0.3, 0.4) is 0 Å². The standard InChI is InChI=1S/C16H21N3O2/c17-11-6-4-10(5-7-11)8-19(9-14(18)20)16(21)15-12-2-1-3-13(12)15/h4-7,12-13,15H,1-3,8-9,17H2,(H2,18,20). The van der Waals surface area contributed by atoms with Gasteiger partial charge in [-0.2, -0.15) is 0 Å². The van der Waals surface area contributed by atoms with Gasteiger partial charge in [0.2, 0.25) is 11.8 Å². The predicted molar refractivity (Wildman–Crippen MR) is 79.8 cm³/mol. The molecule has 0 radical (unpaired) electrons. The second kappa shape index (κ2) is 5.39. The van der Waals surface area contributed by atoms with Crippen LogP contribution in [0.15, 0.2) is 24.3 Å². The molecular weight excluding hydrogens is 266 g/mol. The van der Waals surface area contributed by atoms with E-state index < -0.39 is 5.91 Å². The molecule has 5 nitrogen and oxygen atoms in total. The fourth-order valence-corrected chi connectivity index (χ4v) is 3.64. The molecule has 3 rings (SSSR count). The number of fused-ring (bicyclic) bond motifs is 1. The van der Waals surface area contributed by atoms with Crippen molar-refractivity contribution in [2.24, 2.45) is 23.5 Å². The first kappa shape index (κ1) is 13.9. The lowest BCUT2D eigenvalue weighted by Gasteiger charge is -2.22. The van der Waals surface area contributed by atoms with E-state index in [2.05, 4.69) is 0 Å². The summed E-state index contributed by atoms with van der Waals surface area (Å²) in [6.07, 6.45) is 3.52. The number of carbonyl (C=O) groups is 2. The molecule has 5 heteroatoms. The lowest BCUT2D eigenvalue weighted by Crippen LogP contribution is -2.39. The van der Waals surface area contributed by atoms with Crippen molar-refractivity contribution in [2.45, 2.75) is 25.8 Å². The summed E-state index contributed by atoms with van der Waals surface area (Å²) >= 11 is 0. The number of primary amides is 1. The Morgan fingerprint density at radius 2 is 1.76 bits per heavy atom. The predicted octanol–water partition coefficient (Wildman–Crippen LogP) is 1.13. The molecule has 1 aromatic carbocycles. The van der Waals surface area contributed by atoms with Gasteiger partial charge >= 0.3 is 0 Å². The summed E-state index contributed by atoms with van der Waals surface area (Å²) in [7, 11) is 0. The molecule has 0 saturated heterocycles. The highest BCUT2D eigenvalue weighted by Gasteiger charge is 2.57. The number of nitrogen functional groups attached to an aromatic ring is 1. The summed E-state index contributed by atoms with van der Waals surface area (Å²) in [5.74, 6) is 0.815. The van der Waals surface area contributed by atoms with Crippen LogP contribution in [0.1, 0.15) is 24.8 Å². The van der Waals surface area contributed by atoms with E-state index in [9.17, 15) is 9.59 Å². The number of anilines is 1. The Hall–Kier alpha value is -2.04. The monoisotopic (exact) mass is 287 g/mol. The molecule has 0 spiro atoms. The van der Waals surface area contributed by atoms with Crippen molar-refractivity contribution in [3.63, 3.8) is 0 Å². The fraction of sp³-hybridized carbons (Fsp3) is 0.500. The van der Waals surface area contributed by atoms with Gasteiger partial charge in [-0.1, -0.05) is 18.6 Å². The van der Waals surface area contributed by atoms with Gasteiger partial charge in [-0.25, -0.2) is 0 Å². The van der Waals surface area contributed by atoms with Gasteiger partial charge in [0, 0.05) is 18.2 Å². The van der Waals surface area contributed by atoms with Crippen molar-refractivity contribution in [1.82, 2.24) is 4.90 Å². The van der Waals surface area contributed by atoms with Crippen LogP contribution >= 0.6 is 0 Å². The van der Waals surface area contributed by atoms with Crippen LogP contribution in [0.2, 0.25) is 0 Å². The van der Waals surface area contributed by atoms with Crippen molar-refractivity contribution >= 4 is 17.5 Å². The number of hydrogen-bond donors (Lipinski definition) is 2. The first-order valence-corrected chi connectivity index (χ1v) is 7.48. The quantitative estimate of drug-likeness (QED) is 0.795. The van der Waals surface area contributed by atoms with Gasteiger partial charge in [0.15, 0.2) is 0 Å². The second-order valence-corrected chi connectivity index (χ2v) is 6.19. The summed E-state index contributed by atoms with van der Waals surface area (Å²) < 4.78 is 0. The lowest BCUT2D eigenvalue weighted by atomic mass is 10.1. The minimum Gasteiger partial charge on any atom is -0.399 e. The molecule has 4 N–H and O–H groups in total. The van der Waals surface area contributed by atoms with Crippen molar-refractivity contribution in [3.8, 4) is 0 Å². The maximum Gasteiger partial charge on any atom is 0.237 e. The van der Waals surface area contributed by atoms with Crippen LogP contribution in [-0.2, 0) is 16.1 Å². The van der Waals surface area contributed by atoms with Crippen LogP contribution in [0.5, 0.6) is 0 Å². The van der Waals surface area contributed by atoms with E-state index in [1.165, 1.54) is 6.42 Å². The molecule has 0 heterocycles. The number of benzene rings is 1. The van der Waals surface area contributed by atoms with Crippen molar-refractivity contribution in [1.29, 1.82) is 0 Å². The molecule has 2 unspecified atom stereocenters. The third-order valence-corrected chi connectivity index (χ3v) is 4.70. The van der Waals surface area contributed by atoms with Crippen LogP contribution in [0, 0.1) is 17.8 Å². The number of nitrogens with zero attached hydrogens (tertiary/aromatic N) is 1. The molecular formula is C16H21N3O2. The van der Waals surface area contributed by atoms with Crippen molar-refractivity contribution < 1.29 is 9.59 Å². The van der Waals surface area contributed by atoms with Gasteiger partial charge in [0.05, 0.1) is 6.54 Å². The minimum absolute atomic E-state index is 0.0147. The Morgan fingerprint density at radius 3 is 2.33 bits per heavy atom. The summed E-state index contributed by atoms with van der Waals surface area (Å²) in [6.45, 7) is 0.400. The number of hydrogen-bond acceptors (Lipinski definition) is 3. The van der Waals surface area contributed by atoms with Gasteiger partial charge in [-0.15, -0.1) is 0 Å². The molecule has 21 heavy (non-hydrogen) atoms. The first-order valence-electron chi connectivity index (χ1n) is 7.48. The first-order chi connectivity index (χ1) is 10.1. The van der Waals surface area contributed by atoms with Gasteiger partial charge < -0.3 is 16.4 Å². The number of carbonyl (C=O) groups excluding carboxylic acids is 2. The van der Waals surface area contributed by atoms with Crippen LogP contribution in [-0.4, -0.2) is 23.3 Å². The number of amides is 2. The van der Waals surface area contributed by atoms with E-state index in [0.717, 1.165) is 18.4 Å². The Morgan fingerprint density at radius 1 is 1.14 bits per heavy atom. The Bertz CT molecular complexity index is 545. The number of nitrogens with two attached hydrogens (primary N) is 2. The molecule has 0 aliphatic heterocycles. The molecule has 2 aliphatic rings. The zero-order valence-corrected chi connectivity index (χ0v) is 12.0. The van der Waals surface area contributed by atoms with E-state index in [-0.39, 0.29) is 18.4 Å². The molecule has 0 bridgehead atoms. The third-order valence-electron chi connectivity index (χ3n) is 4.70. The summed E-state index contributed by atoms with van der Waals surface area (Å²) in [5, 5.41) is 0. The molecule has 0 aromatic heterocycles. The molecule has 2 fully saturated rings. The van der Waals surface area contributed by atoms with E-state index in [1.807, 2.05) is 12.1 Å². The van der Waals surface area contributed by atoms with Gasteiger partial charge in [0.25, 0.3) is 0 Å². The van der Waals surface area contributed by atoms with Crippen LogP contribution in [0.4, 0.5) is 5.69 Å². The Labute approximate surface area is 124 Å². The zero-order valence-electron chi connectivity index (χ0n) is 12.0. The third kappa shape index (κ3) is 2.86. The topological polar surface area (TPSA) is 89.4 Å². The maximum atomic E-state index is 12.6. The molecule has 1 aromatic rings.